The van der Waals surface area contributed by atoms with Crippen molar-refractivity contribution in [2.45, 2.75) is 19.6 Å². The molecule has 1 aromatic heterocycles. The molecule has 1 amide bonds. The van der Waals surface area contributed by atoms with Crippen molar-refractivity contribution >= 4 is 5.91 Å². The fourth-order valence-electron chi connectivity index (χ4n) is 3.54. The van der Waals surface area contributed by atoms with E-state index in [0.29, 0.717) is 30.4 Å². The van der Waals surface area contributed by atoms with Crippen molar-refractivity contribution in [2.75, 3.05) is 26.2 Å². The van der Waals surface area contributed by atoms with Crippen LogP contribution in [0.4, 0.5) is 0 Å². The van der Waals surface area contributed by atoms with E-state index in [2.05, 4.69) is 20.1 Å². The predicted molar refractivity (Wildman–Crippen MR) is 113 cm³/mol. The number of aromatic hydroxyl groups is 1. The first-order valence-electron chi connectivity index (χ1n) is 10.2. The number of oxazole rings is 1. The van der Waals surface area contributed by atoms with E-state index in [0.717, 1.165) is 43.9 Å². The Morgan fingerprint density at radius 3 is 2.37 bits per heavy atom. The van der Waals surface area contributed by atoms with Crippen LogP contribution in [0.2, 0.25) is 0 Å². The van der Waals surface area contributed by atoms with Gasteiger partial charge in [0.1, 0.15) is 12.0 Å². The third kappa shape index (κ3) is 5.25. The summed E-state index contributed by atoms with van der Waals surface area (Å²) in [4.78, 5) is 21.2. The smallest absolute Gasteiger partial charge is 0.273 e. The molecular weight excluding hydrogens is 380 g/mol. The van der Waals surface area contributed by atoms with Crippen LogP contribution in [0.25, 0.3) is 0 Å². The summed E-state index contributed by atoms with van der Waals surface area (Å²) in [6, 6.07) is 17.2. The number of aromatic nitrogens is 1. The van der Waals surface area contributed by atoms with Crippen LogP contribution in [0.3, 0.4) is 0 Å². The molecule has 1 aliphatic rings. The first-order valence-corrected chi connectivity index (χ1v) is 10.2. The molecular formula is C23H26N4O3. The van der Waals surface area contributed by atoms with Gasteiger partial charge in [-0.1, -0.05) is 48.5 Å². The zero-order valence-corrected chi connectivity index (χ0v) is 16.8. The molecule has 2 aromatic carbocycles. The van der Waals surface area contributed by atoms with Crippen LogP contribution in [0.5, 0.6) is 5.75 Å². The average Bonchev–Trinajstić information content (AvgIpc) is 3.24. The Morgan fingerprint density at radius 2 is 1.63 bits per heavy atom. The molecule has 0 spiro atoms. The second-order valence-corrected chi connectivity index (χ2v) is 7.48. The van der Waals surface area contributed by atoms with Gasteiger partial charge in [-0.15, -0.1) is 0 Å². The standard InChI is InChI=1S/C23H26N4O3/c28-21-9-5-4-8-19(21)15-26-10-12-27(13-11-26)16-22-25-20(17-30-22)23(29)24-14-18-6-2-1-3-7-18/h1-9,17,28H,10-16H2,(H,24,29). The van der Waals surface area contributed by atoms with Gasteiger partial charge in [0.15, 0.2) is 5.69 Å². The fourth-order valence-corrected chi connectivity index (χ4v) is 3.54. The van der Waals surface area contributed by atoms with E-state index in [4.69, 9.17) is 4.42 Å². The summed E-state index contributed by atoms with van der Waals surface area (Å²) >= 11 is 0. The van der Waals surface area contributed by atoms with Crippen LogP contribution in [0.1, 0.15) is 27.5 Å². The summed E-state index contributed by atoms with van der Waals surface area (Å²) in [5, 5.41) is 12.8. The Bertz CT molecular complexity index is 965. The van der Waals surface area contributed by atoms with E-state index < -0.39 is 0 Å². The molecule has 4 rings (SSSR count). The van der Waals surface area contributed by atoms with E-state index in [-0.39, 0.29) is 5.91 Å². The molecule has 0 bridgehead atoms. The number of para-hydroxylation sites is 1. The van der Waals surface area contributed by atoms with Gasteiger partial charge in [0.05, 0.1) is 6.54 Å². The molecule has 1 aliphatic heterocycles. The molecule has 0 unspecified atom stereocenters. The highest BCUT2D eigenvalue weighted by atomic mass is 16.3. The number of carbonyl (C=O) groups is 1. The minimum Gasteiger partial charge on any atom is -0.508 e. The van der Waals surface area contributed by atoms with Crippen molar-refractivity contribution in [1.29, 1.82) is 0 Å². The monoisotopic (exact) mass is 406 g/mol. The molecule has 1 saturated heterocycles. The number of rotatable bonds is 7. The van der Waals surface area contributed by atoms with Gasteiger partial charge in [-0.3, -0.25) is 14.6 Å². The minimum absolute atomic E-state index is 0.235. The molecule has 2 heterocycles. The normalized spacial score (nSPS) is 15.2. The minimum atomic E-state index is -0.235. The molecule has 156 valence electrons. The van der Waals surface area contributed by atoms with E-state index in [1.54, 1.807) is 6.07 Å². The molecule has 0 saturated carbocycles. The highest BCUT2D eigenvalue weighted by Crippen LogP contribution is 2.19. The topological polar surface area (TPSA) is 81.8 Å². The lowest BCUT2D eigenvalue weighted by Crippen LogP contribution is -2.45. The van der Waals surface area contributed by atoms with Gasteiger partial charge in [0, 0.05) is 44.8 Å². The van der Waals surface area contributed by atoms with E-state index in [1.807, 2.05) is 48.5 Å². The summed E-state index contributed by atoms with van der Waals surface area (Å²) < 4.78 is 5.52. The number of benzene rings is 2. The number of hydrogen-bond donors (Lipinski definition) is 2. The number of phenols is 1. The van der Waals surface area contributed by atoms with Crippen molar-refractivity contribution in [3.63, 3.8) is 0 Å². The van der Waals surface area contributed by atoms with Gasteiger partial charge < -0.3 is 14.8 Å². The van der Waals surface area contributed by atoms with Crippen LogP contribution < -0.4 is 5.32 Å². The number of amides is 1. The molecule has 7 heteroatoms. The molecule has 7 nitrogen and oxygen atoms in total. The molecule has 0 atom stereocenters. The van der Waals surface area contributed by atoms with Gasteiger partial charge >= 0.3 is 0 Å². The second kappa shape index (κ2) is 9.56. The highest BCUT2D eigenvalue weighted by Gasteiger charge is 2.20. The van der Waals surface area contributed by atoms with Crippen LogP contribution in [-0.2, 0) is 19.6 Å². The highest BCUT2D eigenvalue weighted by molar-refractivity contribution is 5.91. The van der Waals surface area contributed by atoms with Crippen molar-refractivity contribution < 1.29 is 14.3 Å². The fraction of sp³-hybridized carbons (Fsp3) is 0.304. The third-order valence-corrected chi connectivity index (χ3v) is 5.29. The van der Waals surface area contributed by atoms with Gasteiger partial charge in [0.25, 0.3) is 5.91 Å². The number of piperazine rings is 1. The van der Waals surface area contributed by atoms with E-state index in [1.165, 1.54) is 6.26 Å². The van der Waals surface area contributed by atoms with Crippen LogP contribution >= 0.6 is 0 Å². The van der Waals surface area contributed by atoms with Gasteiger partial charge in [-0.2, -0.15) is 0 Å². The first-order chi connectivity index (χ1) is 14.7. The SMILES string of the molecule is O=C(NCc1ccccc1)c1coc(CN2CCN(Cc3ccccc3O)CC2)n1. The van der Waals surface area contributed by atoms with Crippen LogP contribution in [0, 0.1) is 0 Å². The largest absolute Gasteiger partial charge is 0.508 e. The maximum atomic E-state index is 12.3. The zero-order valence-electron chi connectivity index (χ0n) is 16.8. The van der Waals surface area contributed by atoms with Gasteiger partial charge in [-0.05, 0) is 11.6 Å². The molecule has 0 radical (unpaired) electrons. The second-order valence-electron chi connectivity index (χ2n) is 7.48. The predicted octanol–water partition coefficient (Wildman–Crippen LogP) is 2.63. The lowest BCUT2D eigenvalue weighted by molar-refractivity contribution is 0.0945. The summed E-state index contributed by atoms with van der Waals surface area (Å²) in [6.45, 7) is 5.35. The number of hydrogen-bond acceptors (Lipinski definition) is 6. The summed E-state index contributed by atoms with van der Waals surface area (Å²) in [5.41, 5.74) is 2.29. The van der Waals surface area contributed by atoms with Gasteiger partial charge in [-0.25, -0.2) is 4.98 Å². The lowest BCUT2D eigenvalue weighted by atomic mass is 10.1. The summed E-state index contributed by atoms with van der Waals surface area (Å²) in [7, 11) is 0. The van der Waals surface area contributed by atoms with Crippen LogP contribution in [0.15, 0.2) is 65.3 Å². The van der Waals surface area contributed by atoms with E-state index >= 15 is 0 Å². The number of carbonyl (C=O) groups excluding carboxylic acids is 1. The number of phenolic OH excluding ortho intramolecular Hbond substituents is 1. The Morgan fingerprint density at radius 1 is 0.967 bits per heavy atom. The molecule has 1 fully saturated rings. The third-order valence-electron chi connectivity index (χ3n) is 5.29. The van der Waals surface area contributed by atoms with E-state index in [9.17, 15) is 9.90 Å². The Balaban J connectivity index is 1.23. The van der Waals surface area contributed by atoms with Crippen molar-refractivity contribution in [1.82, 2.24) is 20.1 Å². The van der Waals surface area contributed by atoms with Crippen molar-refractivity contribution in [3.8, 4) is 5.75 Å². The Kier molecular flexibility index (Phi) is 6.41. The van der Waals surface area contributed by atoms with Gasteiger partial charge in [0.2, 0.25) is 5.89 Å². The maximum absolute atomic E-state index is 12.3. The number of nitrogens with zero attached hydrogens (tertiary/aromatic N) is 3. The Hall–Kier alpha value is -3.16. The molecule has 2 N–H and O–H groups in total. The summed E-state index contributed by atoms with van der Waals surface area (Å²) in [5.74, 6) is 0.660. The first kappa shape index (κ1) is 20.1. The zero-order chi connectivity index (χ0) is 20.8. The van der Waals surface area contributed by atoms with Crippen molar-refractivity contribution in [2.24, 2.45) is 0 Å². The average molecular weight is 406 g/mol. The number of nitrogens with one attached hydrogen (secondary N) is 1. The summed E-state index contributed by atoms with van der Waals surface area (Å²) in [6.07, 6.45) is 1.42. The molecule has 0 aliphatic carbocycles. The van der Waals surface area contributed by atoms with Crippen molar-refractivity contribution in [3.05, 3.63) is 83.6 Å². The maximum Gasteiger partial charge on any atom is 0.273 e. The van der Waals surface area contributed by atoms with Crippen LogP contribution in [-0.4, -0.2) is 52.0 Å². The quantitative estimate of drug-likeness (QED) is 0.628. The molecule has 30 heavy (non-hydrogen) atoms. The Labute approximate surface area is 175 Å². The molecule has 3 aromatic rings. The lowest BCUT2D eigenvalue weighted by Gasteiger charge is -2.34.